The van der Waals surface area contributed by atoms with Gasteiger partial charge in [-0.05, 0) is 59.7 Å². The Bertz CT molecular complexity index is 1500. The van der Waals surface area contributed by atoms with E-state index < -0.39 is 5.97 Å². The third kappa shape index (κ3) is 4.55. The van der Waals surface area contributed by atoms with Crippen molar-refractivity contribution in [3.8, 4) is 22.9 Å². The van der Waals surface area contributed by atoms with Crippen LogP contribution < -0.4 is 9.47 Å². The topological polar surface area (TPSA) is 67.5 Å². The van der Waals surface area contributed by atoms with Crippen molar-refractivity contribution < 1.29 is 19.0 Å². The summed E-state index contributed by atoms with van der Waals surface area (Å²) in [4.78, 5) is 17.3. The molecule has 5 rings (SSSR count). The molecular weight excluding hydrogens is 454 g/mol. The monoisotopic (exact) mass is 481 g/mol. The van der Waals surface area contributed by atoms with Crippen LogP contribution in [0.4, 0.5) is 0 Å². The molecule has 3 aromatic heterocycles. The average molecular weight is 482 g/mol. The van der Waals surface area contributed by atoms with Crippen molar-refractivity contribution in [2.75, 3.05) is 21.3 Å². The summed E-state index contributed by atoms with van der Waals surface area (Å²) >= 11 is 0. The van der Waals surface area contributed by atoms with Crippen LogP contribution in [0.1, 0.15) is 21.6 Å². The van der Waals surface area contributed by atoms with E-state index in [2.05, 4.69) is 9.13 Å². The van der Waals surface area contributed by atoms with E-state index in [9.17, 15) is 4.79 Å². The van der Waals surface area contributed by atoms with Gasteiger partial charge >= 0.3 is 5.97 Å². The summed E-state index contributed by atoms with van der Waals surface area (Å²) in [6, 6.07) is 23.8. The summed E-state index contributed by atoms with van der Waals surface area (Å²) in [6.07, 6.45) is 4.05. The number of ether oxygens (including phenoxy) is 3. The van der Waals surface area contributed by atoms with Crippen LogP contribution in [0.2, 0.25) is 0 Å². The van der Waals surface area contributed by atoms with Gasteiger partial charge in [-0.2, -0.15) is 0 Å². The number of carbonyl (C=O) groups is 1. The second-order valence-electron chi connectivity index (χ2n) is 8.44. The van der Waals surface area contributed by atoms with Crippen LogP contribution in [0.5, 0.6) is 11.5 Å². The van der Waals surface area contributed by atoms with E-state index in [-0.39, 0.29) is 5.69 Å². The van der Waals surface area contributed by atoms with Crippen molar-refractivity contribution >= 4 is 16.9 Å². The van der Waals surface area contributed by atoms with Crippen LogP contribution >= 0.6 is 0 Å². The molecule has 7 nitrogen and oxygen atoms in total. The molecule has 0 aliphatic heterocycles. The SMILES string of the molecule is COC(=O)c1cc2c(ccn2Cc2ccc(OC)cc2)c(-c2cccn2Cc2ccc(OC)cc2)n1. The number of rotatable bonds is 8. The van der Waals surface area contributed by atoms with Crippen molar-refractivity contribution in [1.82, 2.24) is 14.1 Å². The third-order valence-electron chi connectivity index (χ3n) is 6.26. The number of benzene rings is 2. The van der Waals surface area contributed by atoms with Crippen LogP contribution in [-0.4, -0.2) is 41.4 Å². The number of nitrogens with zero attached hydrogens (tertiary/aromatic N) is 3. The first-order chi connectivity index (χ1) is 17.6. The number of carbonyl (C=O) groups excluding carboxylic acids is 1. The van der Waals surface area contributed by atoms with Crippen molar-refractivity contribution in [3.05, 3.63) is 102 Å². The number of methoxy groups -OCH3 is 3. The van der Waals surface area contributed by atoms with E-state index in [4.69, 9.17) is 19.2 Å². The first-order valence-corrected chi connectivity index (χ1v) is 11.6. The zero-order valence-corrected chi connectivity index (χ0v) is 20.5. The molecule has 0 atom stereocenters. The molecule has 0 unspecified atom stereocenters. The van der Waals surface area contributed by atoms with Gasteiger partial charge in [0.1, 0.15) is 11.5 Å². The summed E-state index contributed by atoms with van der Waals surface area (Å²) < 4.78 is 19.8. The first-order valence-electron chi connectivity index (χ1n) is 11.6. The number of esters is 1. The molecule has 0 bridgehead atoms. The highest BCUT2D eigenvalue weighted by Gasteiger charge is 2.18. The smallest absolute Gasteiger partial charge is 0.356 e. The van der Waals surface area contributed by atoms with Crippen LogP contribution in [0.3, 0.4) is 0 Å². The zero-order chi connectivity index (χ0) is 25.1. The Morgan fingerprint density at radius 1 is 0.778 bits per heavy atom. The lowest BCUT2D eigenvalue weighted by Crippen LogP contribution is -2.08. The van der Waals surface area contributed by atoms with Gasteiger partial charge in [-0.15, -0.1) is 0 Å². The normalized spacial score (nSPS) is 11.0. The van der Waals surface area contributed by atoms with Gasteiger partial charge in [-0.3, -0.25) is 0 Å². The highest BCUT2D eigenvalue weighted by Crippen LogP contribution is 2.30. The predicted molar refractivity (Wildman–Crippen MR) is 139 cm³/mol. The lowest BCUT2D eigenvalue weighted by Gasteiger charge is -2.13. The standard InChI is InChI=1S/C29H27N3O4/c1-34-22-10-6-20(7-11-22)18-31-15-4-5-26(31)28-24-14-16-32(19-21-8-12-23(35-2)13-9-21)27(24)17-25(30-28)29(33)36-3/h4-17H,18-19H2,1-3H3. The third-order valence-corrected chi connectivity index (χ3v) is 6.26. The molecule has 5 aromatic rings. The first kappa shape index (κ1) is 23.2. The lowest BCUT2D eigenvalue weighted by molar-refractivity contribution is 0.0594. The molecule has 0 radical (unpaired) electrons. The predicted octanol–water partition coefficient (Wildman–Crippen LogP) is 5.41. The van der Waals surface area contributed by atoms with Gasteiger partial charge < -0.3 is 23.3 Å². The van der Waals surface area contributed by atoms with Gasteiger partial charge in [0, 0.05) is 30.9 Å². The van der Waals surface area contributed by atoms with Gasteiger partial charge in [0.05, 0.1) is 38.2 Å². The maximum absolute atomic E-state index is 12.6. The molecule has 0 aliphatic carbocycles. The largest absolute Gasteiger partial charge is 0.497 e. The minimum absolute atomic E-state index is 0.270. The molecule has 0 saturated heterocycles. The molecule has 0 N–H and O–H groups in total. The number of pyridine rings is 1. The number of fused-ring (bicyclic) bond motifs is 1. The molecular formula is C29H27N3O4. The maximum atomic E-state index is 12.6. The van der Waals surface area contributed by atoms with Crippen molar-refractivity contribution in [3.63, 3.8) is 0 Å². The summed E-state index contributed by atoms with van der Waals surface area (Å²) in [5.41, 5.74) is 5.09. The Morgan fingerprint density at radius 2 is 1.39 bits per heavy atom. The molecule has 0 spiro atoms. The molecule has 0 aliphatic rings. The Balaban J connectivity index is 1.56. The Hall–Kier alpha value is -4.52. The molecule has 2 aromatic carbocycles. The fraction of sp³-hybridized carbons (Fsp3) is 0.172. The second-order valence-corrected chi connectivity index (χ2v) is 8.44. The molecule has 0 fully saturated rings. The lowest BCUT2D eigenvalue weighted by atomic mass is 10.1. The number of hydrogen-bond donors (Lipinski definition) is 0. The van der Waals surface area contributed by atoms with E-state index >= 15 is 0 Å². The molecule has 7 heteroatoms. The zero-order valence-electron chi connectivity index (χ0n) is 20.5. The quantitative estimate of drug-likeness (QED) is 0.278. The summed E-state index contributed by atoms with van der Waals surface area (Å²) in [5.74, 6) is 1.16. The number of aromatic nitrogens is 3. The molecule has 182 valence electrons. The molecule has 0 saturated carbocycles. The Labute approximate surface area is 209 Å². The van der Waals surface area contributed by atoms with Gasteiger partial charge in [0.2, 0.25) is 0 Å². The van der Waals surface area contributed by atoms with Gasteiger partial charge in [0.15, 0.2) is 5.69 Å². The van der Waals surface area contributed by atoms with E-state index in [0.29, 0.717) is 13.1 Å². The van der Waals surface area contributed by atoms with Crippen LogP contribution in [0.25, 0.3) is 22.3 Å². The van der Waals surface area contributed by atoms with E-state index in [1.807, 2.05) is 79.1 Å². The maximum Gasteiger partial charge on any atom is 0.356 e. The Kier molecular flexibility index (Phi) is 6.45. The fourth-order valence-electron chi connectivity index (χ4n) is 4.35. The number of hydrogen-bond acceptors (Lipinski definition) is 5. The highest BCUT2D eigenvalue weighted by molar-refractivity contribution is 5.98. The van der Waals surface area contributed by atoms with Gasteiger partial charge in [0.25, 0.3) is 0 Å². The van der Waals surface area contributed by atoms with E-state index in [0.717, 1.165) is 44.9 Å². The highest BCUT2D eigenvalue weighted by atomic mass is 16.5. The van der Waals surface area contributed by atoms with Crippen LogP contribution in [0.15, 0.2) is 85.2 Å². The summed E-state index contributed by atoms with van der Waals surface area (Å²) in [7, 11) is 4.68. The Morgan fingerprint density at radius 3 is 1.97 bits per heavy atom. The summed E-state index contributed by atoms with van der Waals surface area (Å²) in [5, 5.41) is 0.964. The van der Waals surface area contributed by atoms with E-state index in [1.165, 1.54) is 7.11 Å². The molecule has 0 amide bonds. The average Bonchev–Trinajstić information content (AvgIpc) is 3.55. The van der Waals surface area contributed by atoms with Crippen molar-refractivity contribution in [2.24, 2.45) is 0 Å². The molecule has 36 heavy (non-hydrogen) atoms. The molecule has 3 heterocycles. The van der Waals surface area contributed by atoms with Crippen molar-refractivity contribution in [2.45, 2.75) is 13.1 Å². The van der Waals surface area contributed by atoms with Crippen LogP contribution in [0, 0.1) is 0 Å². The minimum Gasteiger partial charge on any atom is -0.497 e. The van der Waals surface area contributed by atoms with Gasteiger partial charge in [-0.25, -0.2) is 9.78 Å². The second kappa shape index (κ2) is 10.00. The summed E-state index contributed by atoms with van der Waals surface area (Å²) in [6.45, 7) is 1.30. The van der Waals surface area contributed by atoms with Crippen LogP contribution in [-0.2, 0) is 17.8 Å². The fourth-order valence-corrected chi connectivity index (χ4v) is 4.35. The van der Waals surface area contributed by atoms with Gasteiger partial charge in [-0.1, -0.05) is 24.3 Å². The van der Waals surface area contributed by atoms with E-state index in [1.54, 1.807) is 20.3 Å². The minimum atomic E-state index is -0.469. The van der Waals surface area contributed by atoms with Crippen molar-refractivity contribution in [1.29, 1.82) is 0 Å².